The molecular formula is C13H24NP2. The molecule has 0 bridgehead atoms. The van der Waals surface area contributed by atoms with E-state index >= 15 is 0 Å². The van der Waals surface area contributed by atoms with Crippen LogP contribution in [-0.2, 0) is 0 Å². The summed E-state index contributed by atoms with van der Waals surface area (Å²) in [6.45, 7) is 4.50. The van der Waals surface area contributed by atoms with Gasteiger partial charge in [0.25, 0.3) is 0 Å². The van der Waals surface area contributed by atoms with Crippen molar-refractivity contribution in [3.8, 4) is 0 Å². The summed E-state index contributed by atoms with van der Waals surface area (Å²) in [4.78, 5) is 0. The van der Waals surface area contributed by atoms with Crippen LogP contribution in [-0.4, -0.2) is 0 Å². The van der Waals surface area contributed by atoms with Gasteiger partial charge in [-0.05, 0) is 27.6 Å². The van der Waals surface area contributed by atoms with Gasteiger partial charge in [-0.3, -0.25) is 0 Å². The molecule has 0 atom stereocenters. The minimum absolute atomic E-state index is 1.22. The molecule has 0 fully saturated rings. The van der Waals surface area contributed by atoms with E-state index in [1.54, 1.807) is 0 Å². The fraction of sp³-hybridized carbons (Fsp3) is 0.846. The van der Waals surface area contributed by atoms with Gasteiger partial charge in [0, 0.05) is 5.31 Å². The molecule has 1 heterocycles. The summed E-state index contributed by atoms with van der Waals surface area (Å²) in [5, 5.41) is 6.02. The Labute approximate surface area is 104 Å². The van der Waals surface area contributed by atoms with Gasteiger partial charge in [0.2, 0.25) is 0 Å². The fourth-order valence-corrected chi connectivity index (χ4v) is 4.03. The molecule has 0 aliphatic carbocycles. The number of rotatable bonds is 9. The number of hydrogen-bond donors (Lipinski definition) is 0. The molecule has 0 unspecified atom stereocenters. The molecule has 0 aromatic carbocycles. The Morgan fingerprint density at radius 2 is 1.56 bits per heavy atom. The van der Waals surface area contributed by atoms with Crippen LogP contribution in [0.5, 0.6) is 0 Å². The zero-order chi connectivity index (χ0) is 11.6. The van der Waals surface area contributed by atoms with Crippen LogP contribution in [0.1, 0.15) is 71.6 Å². The molecule has 1 aliphatic heterocycles. The lowest BCUT2D eigenvalue weighted by Crippen LogP contribution is -1.91. The Balaban J connectivity index is 1.87. The maximum Gasteiger partial charge on any atom is 0.0699 e. The fourth-order valence-electron chi connectivity index (χ4n) is 1.93. The van der Waals surface area contributed by atoms with Crippen molar-refractivity contribution < 1.29 is 0 Å². The van der Waals surface area contributed by atoms with Gasteiger partial charge in [-0.25, -0.2) is 5.09 Å². The van der Waals surface area contributed by atoms with Gasteiger partial charge in [0.15, 0.2) is 0 Å². The average molecular weight is 256 g/mol. The predicted octanol–water partition coefficient (Wildman–Crippen LogP) is 6.09. The Bertz CT molecular complexity index is 246. The Morgan fingerprint density at radius 1 is 0.938 bits per heavy atom. The van der Waals surface area contributed by atoms with E-state index in [1.807, 2.05) is 0 Å². The van der Waals surface area contributed by atoms with Gasteiger partial charge in [0.05, 0.1) is 13.7 Å². The molecule has 91 valence electrons. The van der Waals surface area contributed by atoms with Crippen molar-refractivity contribution in [2.75, 3.05) is 0 Å². The van der Waals surface area contributed by atoms with Crippen LogP contribution in [0.15, 0.2) is 11.0 Å². The molecular weight excluding hydrogens is 232 g/mol. The minimum atomic E-state index is 1.22. The second-order valence-electron chi connectivity index (χ2n) is 4.55. The SMILES string of the molecule is CCCCCCCCCCC1=C(C)P=P[N]1. The molecule has 0 saturated heterocycles. The van der Waals surface area contributed by atoms with Gasteiger partial charge in [-0.15, -0.1) is 0 Å². The van der Waals surface area contributed by atoms with Gasteiger partial charge in [0.1, 0.15) is 0 Å². The topological polar surface area (TPSA) is 14.1 Å². The summed E-state index contributed by atoms with van der Waals surface area (Å²) in [6, 6.07) is 0. The molecule has 0 aromatic heterocycles. The average Bonchev–Trinajstić information content (AvgIpc) is 2.68. The van der Waals surface area contributed by atoms with Crippen molar-refractivity contribution in [3.05, 3.63) is 11.0 Å². The second kappa shape index (κ2) is 9.20. The highest BCUT2D eigenvalue weighted by molar-refractivity contribution is 7.85. The third-order valence-electron chi connectivity index (χ3n) is 3.04. The smallest absolute Gasteiger partial charge is 0.0699 e. The van der Waals surface area contributed by atoms with Gasteiger partial charge in [-0.2, -0.15) is 0 Å². The van der Waals surface area contributed by atoms with Crippen molar-refractivity contribution in [3.63, 3.8) is 0 Å². The van der Waals surface area contributed by atoms with E-state index in [4.69, 9.17) is 0 Å². The van der Waals surface area contributed by atoms with E-state index in [9.17, 15) is 0 Å². The van der Waals surface area contributed by atoms with Crippen molar-refractivity contribution in [2.45, 2.75) is 71.6 Å². The highest BCUT2D eigenvalue weighted by atomic mass is 31.7. The summed E-state index contributed by atoms with van der Waals surface area (Å²) in [6.07, 6.45) is 12.5. The molecule has 0 saturated carbocycles. The van der Waals surface area contributed by atoms with E-state index in [0.717, 1.165) is 0 Å². The lowest BCUT2D eigenvalue weighted by atomic mass is 10.1. The van der Waals surface area contributed by atoms with Gasteiger partial charge in [-0.1, -0.05) is 51.9 Å². The van der Waals surface area contributed by atoms with E-state index in [1.165, 1.54) is 84.7 Å². The van der Waals surface area contributed by atoms with Crippen molar-refractivity contribution in [1.29, 1.82) is 0 Å². The first-order valence-electron chi connectivity index (χ1n) is 6.66. The molecule has 16 heavy (non-hydrogen) atoms. The Morgan fingerprint density at radius 3 is 2.12 bits per heavy atom. The van der Waals surface area contributed by atoms with Crippen LogP contribution < -0.4 is 5.09 Å². The highest BCUT2D eigenvalue weighted by Crippen LogP contribution is 2.36. The Kier molecular flexibility index (Phi) is 8.17. The largest absolute Gasteiger partial charge is 0.227 e. The molecule has 3 heteroatoms. The molecule has 0 N–H and O–H groups in total. The monoisotopic (exact) mass is 256 g/mol. The highest BCUT2D eigenvalue weighted by Gasteiger charge is 2.06. The van der Waals surface area contributed by atoms with Crippen LogP contribution in [0.25, 0.3) is 0 Å². The first-order chi connectivity index (χ1) is 7.84. The van der Waals surface area contributed by atoms with Crippen LogP contribution in [0.3, 0.4) is 0 Å². The normalized spacial score (nSPS) is 16.6. The summed E-state index contributed by atoms with van der Waals surface area (Å²) >= 11 is 0. The number of nitrogens with zero attached hydrogens (tertiary/aromatic N) is 1. The molecule has 0 amide bonds. The lowest BCUT2D eigenvalue weighted by Gasteiger charge is -2.03. The maximum absolute atomic E-state index is 4.51. The first-order valence-corrected chi connectivity index (χ1v) is 9.11. The van der Waals surface area contributed by atoms with E-state index in [0.29, 0.717) is 0 Å². The number of unbranched alkanes of at least 4 members (excludes halogenated alkanes) is 7. The standard InChI is InChI=1S/C13H24NP2/c1-3-4-5-6-7-8-9-10-11-13-12(2)15-16-14-13/h3-11H2,1-2H3. The lowest BCUT2D eigenvalue weighted by molar-refractivity contribution is 0.573. The van der Waals surface area contributed by atoms with E-state index < -0.39 is 0 Å². The molecule has 1 rings (SSSR count). The van der Waals surface area contributed by atoms with Crippen molar-refractivity contribution in [2.24, 2.45) is 0 Å². The summed E-state index contributed by atoms with van der Waals surface area (Å²) in [5.74, 6) is 0. The minimum Gasteiger partial charge on any atom is -0.227 e. The molecule has 0 aromatic rings. The number of allylic oxidation sites excluding steroid dienone is 2. The zero-order valence-corrected chi connectivity index (χ0v) is 12.5. The second-order valence-corrected chi connectivity index (χ2v) is 6.93. The molecule has 1 radical (unpaired) electrons. The summed E-state index contributed by atoms with van der Waals surface area (Å²) < 4.78 is 0. The van der Waals surface area contributed by atoms with Gasteiger partial charge >= 0.3 is 0 Å². The molecule has 1 aliphatic rings. The van der Waals surface area contributed by atoms with Crippen LogP contribution in [0, 0.1) is 0 Å². The molecule has 1 nitrogen and oxygen atoms in total. The summed E-state index contributed by atoms with van der Waals surface area (Å²) in [5.41, 5.74) is 1.40. The summed E-state index contributed by atoms with van der Waals surface area (Å²) in [7, 11) is 2.66. The quantitative estimate of drug-likeness (QED) is 0.350. The van der Waals surface area contributed by atoms with Crippen molar-refractivity contribution in [1.82, 2.24) is 5.09 Å². The third kappa shape index (κ3) is 6.02. The van der Waals surface area contributed by atoms with Crippen LogP contribution in [0.4, 0.5) is 0 Å². The van der Waals surface area contributed by atoms with Crippen LogP contribution >= 0.6 is 15.9 Å². The Hall–Kier alpha value is 0.140. The molecule has 0 spiro atoms. The van der Waals surface area contributed by atoms with Crippen molar-refractivity contribution >= 4 is 15.9 Å². The maximum atomic E-state index is 4.51. The van der Waals surface area contributed by atoms with Crippen LogP contribution in [0.2, 0.25) is 0 Å². The van der Waals surface area contributed by atoms with E-state index in [-0.39, 0.29) is 0 Å². The first kappa shape index (κ1) is 14.2. The third-order valence-corrected chi connectivity index (χ3v) is 5.46. The van der Waals surface area contributed by atoms with E-state index in [2.05, 4.69) is 18.9 Å². The van der Waals surface area contributed by atoms with Gasteiger partial charge < -0.3 is 0 Å². The zero-order valence-electron chi connectivity index (χ0n) is 10.7. The number of hydrogen-bond acceptors (Lipinski definition) is 0. The predicted molar refractivity (Wildman–Crippen MR) is 75.9 cm³/mol.